The number of carboxylic acid groups (broad SMARTS) is 1. The topological polar surface area (TPSA) is 101 Å². The largest absolute Gasteiger partial charge is 0.481 e. The first-order chi connectivity index (χ1) is 10.8. The van der Waals surface area contributed by atoms with E-state index in [9.17, 15) is 19.7 Å². The molecular formula is C14H12N2O5S2. The van der Waals surface area contributed by atoms with Crippen LogP contribution in [0.15, 0.2) is 29.2 Å². The summed E-state index contributed by atoms with van der Waals surface area (Å²) in [6.45, 7) is 1.69. The number of amides is 1. The lowest BCUT2D eigenvalue weighted by Crippen LogP contribution is -2.30. The summed E-state index contributed by atoms with van der Waals surface area (Å²) in [6.07, 6.45) is -0.199. The highest BCUT2D eigenvalue weighted by molar-refractivity contribution is 8.26. The molecule has 0 spiro atoms. The van der Waals surface area contributed by atoms with Gasteiger partial charge in [0.15, 0.2) is 0 Å². The molecule has 1 heterocycles. The van der Waals surface area contributed by atoms with E-state index in [2.05, 4.69) is 0 Å². The number of thioether (sulfide) groups is 1. The fraction of sp³-hybridized carbons (Fsp3) is 0.214. The Bertz CT molecular complexity index is 744. The van der Waals surface area contributed by atoms with Crippen LogP contribution in [0, 0.1) is 10.1 Å². The van der Waals surface area contributed by atoms with Gasteiger partial charge in [-0.3, -0.25) is 24.6 Å². The number of carbonyl (C=O) groups is 2. The minimum absolute atomic E-state index is 0.00567. The Morgan fingerprint density at radius 3 is 2.78 bits per heavy atom. The van der Waals surface area contributed by atoms with Crippen LogP contribution in [-0.2, 0) is 9.59 Å². The molecule has 23 heavy (non-hydrogen) atoms. The maximum Gasteiger partial charge on any atom is 0.305 e. The van der Waals surface area contributed by atoms with Crippen molar-refractivity contribution in [1.29, 1.82) is 0 Å². The number of hydrogen-bond acceptors (Lipinski definition) is 6. The average molecular weight is 352 g/mol. The van der Waals surface area contributed by atoms with Crippen molar-refractivity contribution in [2.45, 2.75) is 13.3 Å². The summed E-state index contributed by atoms with van der Waals surface area (Å²) in [5.41, 5.74) is 1.06. The van der Waals surface area contributed by atoms with E-state index in [1.807, 2.05) is 0 Å². The standard InChI is InChI=1S/C14H12N2O5S2/c1-8(9-3-2-4-10(7-9)16(20)21)12-13(19)15(14(22)23-12)6-5-11(17)18/h2-4,7H,5-6H2,1H3,(H,17,18). The lowest BCUT2D eigenvalue weighted by Gasteiger charge is -2.12. The van der Waals surface area contributed by atoms with E-state index in [1.165, 1.54) is 17.0 Å². The summed E-state index contributed by atoms with van der Waals surface area (Å²) in [5.74, 6) is -1.39. The minimum Gasteiger partial charge on any atom is -0.481 e. The van der Waals surface area contributed by atoms with Crippen molar-refractivity contribution in [3.05, 3.63) is 44.8 Å². The van der Waals surface area contributed by atoms with Crippen LogP contribution in [-0.4, -0.2) is 37.7 Å². The molecular weight excluding hydrogens is 340 g/mol. The summed E-state index contributed by atoms with van der Waals surface area (Å²) < 4.78 is 0.288. The summed E-state index contributed by atoms with van der Waals surface area (Å²) in [5, 5.41) is 19.6. The molecule has 0 aromatic heterocycles. The van der Waals surface area contributed by atoms with Gasteiger partial charge in [0, 0.05) is 18.7 Å². The quantitative estimate of drug-likeness (QED) is 0.376. The molecule has 7 nitrogen and oxygen atoms in total. The van der Waals surface area contributed by atoms with Crippen LogP contribution in [0.2, 0.25) is 0 Å². The van der Waals surface area contributed by atoms with Gasteiger partial charge < -0.3 is 5.11 Å². The molecule has 1 saturated heterocycles. The molecule has 120 valence electrons. The highest BCUT2D eigenvalue weighted by atomic mass is 32.2. The van der Waals surface area contributed by atoms with Gasteiger partial charge in [0.1, 0.15) is 4.32 Å². The van der Waals surface area contributed by atoms with Crippen molar-refractivity contribution in [2.24, 2.45) is 0 Å². The summed E-state index contributed by atoms with van der Waals surface area (Å²) in [7, 11) is 0. The van der Waals surface area contributed by atoms with Crippen LogP contribution in [0.5, 0.6) is 0 Å². The number of nitro groups is 1. The van der Waals surface area contributed by atoms with Crippen molar-refractivity contribution in [2.75, 3.05) is 6.54 Å². The zero-order chi connectivity index (χ0) is 17.1. The normalized spacial score (nSPS) is 16.7. The number of allylic oxidation sites excluding steroid dienone is 1. The summed E-state index contributed by atoms with van der Waals surface area (Å²) in [6, 6.07) is 5.97. The lowest BCUT2D eigenvalue weighted by molar-refractivity contribution is -0.384. The second-order valence-corrected chi connectivity index (χ2v) is 6.37. The van der Waals surface area contributed by atoms with Gasteiger partial charge in [-0.05, 0) is 18.1 Å². The lowest BCUT2D eigenvalue weighted by atomic mass is 10.1. The molecule has 0 saturated carbocycles. The molecule has 2 rings (SSSR count). The first-order valence-corrected chi connectivity index (χ1v) is 7.75. The number of aliphatic carboxylic acids is 1. The van der Waals surface area contributed by atoms with E-state index in [0.717, 1.165) is 11.8 Å². The molecule has 1 aromatic carbocycles. The van der Waals surface area contributed by atoms with Crippen molar-refractivity contribution in [3.8, 4) is 0 Å². The first kappa shape index (κ1) is 17.1. The number of benzene rings is 1. The van der Waals surface area contributed by atoms with Crippen molar-refractivity contribution in [1.82, 2.24) is 4.90 Å². The predicted octanol–water partition coefficient (Wildman–Crippen LogP) is 2.66. The number of carbonyl (C=O) groups excluding carboxylic acids is 1. The van der Waals surface area contributed by atoms with Gasteiger partial charge in [0.05, 0.1) is 16.2 Å². The Morgan fingerprint density at radius 1 is 1.48 bits per heavy atom. The smallest absolute Gasteiger partial charge is 0.305 e. The van der Waals surface area contributed by atoms with E-state index in [1.54, 1.807) is 19.1 Å². The minimum atomic E-state index is -1.02. The van der Waals surface area contributed by atoms with Gasteiger partial charge in [0.2, 0.25) is 0 Å². The third-order valence-corrected chi connectivity index (χ3v) is 4.78. The van der Waals surface area contributed by atoms with E-state index >= 15 is 0 Å². The number of hydrogen-bond donors (Lipinski definition) is 1. The molecule has 0 aliphatic carbocycles. The maximum absolute atomic E-state index is 12.4. The third-order valence-electron chi connectivity index (χ3n) is 3.23. The zero-order valence-electron chi connectivity index (χ0n) is 12.0. The van der Waals surface area contributed by atoms with E-state index < -0.39 is 10.9 Å². The third kappa shape index (κ3) is 3.74. The number of non-ortho nitro benzene ring substituents is 1. The van der Waals surface area contributed by atoms with Gasteiger partial charge in [0.25, 0.3) is 11.6 Å². The number of nitro benzene ring substituents is 1. The molecule has 1 amide bonds. The van der Waals surface area contributed by atoms with Crippen LogP contribution < -0.4 is 0 Å². The SMILES string of the molecule is CC(=C1SC(=S)N(CCC(=O)O)C1=O)c1cccc([N+](=O)[O-])c1. The average Bonchev–Trinajstić information content (AvgIpc) is 2.79. The van der Waals surface area contributed by atoms with E-state index in [4.69, 9.17) is 17.3 Å². The Morgan fingerprint density at radius 2 is 2.17 bits per heavy atom. The zero-order valence-corrected chi connectivity index (χ0v) is 13.6. The van der Waals surface area contributed by atoms with Crippen molar-refractivity contribution < 1.29 is 19.6 Å². The Balaban J connectivity index is 2.32. The monoisotopic (exact) mass is 352 g/mol. The maximum atomic E-state index is 12.4. The highest BCUT2D eigenvalue weighted by Gasteiger charge is 2.33. The number of carboxylic acids is 1. The Labute approximate surface area is 141 Å². The molecule has 0 unspecified atom stereocenters. The Kier molecular flexibility index (Phi) is 5.12. The van der Waals surface area contributed by atoms with Gasteiger partial charge in [-0.15, -0.1) is 0 Å². The van der Waals surface area contributed by atoms with Crippen molar-refractivity contribution in [3.63, 3.8) is 0 Å². The van der Waals surface area contributed by atoms with Crippen LogP contribution in [0.25, 0.3) is 5.57 Å². The van der Waals surface area contributed by atoms with E-state index in [0.29, 0.717) is 16.0 Å². The molecule has 0 bridgehead atoms. The van der Waals surface area contributed by atoms with Crippen LogP contribution >= 0.6 is 24.0 Å². The van der Waals surface area contributed by atoms with E-state index in [-0.39, 0.29) is 28.9 Å². The van der Waals surface area contributed by atoms with Gasteiger partial charge in [-0.25, -0.2) is 0 Å². The molecule has 1 aliphatic rings. The number of rotatable bonds is 5. The van der Waals surface area contributed by atoms with Crippen molar-refractivity contribution >= 4 is 51.4 Å². The fourth-order valence-corrected chi connectivity index (χ4v) is 3.36. The molecule has 9 heteroatoms. The number of thiocarbonyl (C=S) groups is 1. The molecule has 1 aliphatic heterocycles. The molecule has 0 radical (unpaired) electrons. The van der Waals surface area contributed by atoms with Crippen LogP contribution in [0.1, 0.15) is 18.9 Å². The second-order valence-electron chi connectivity index (χ2n) is 4.73. The van der Waals surface area contributed by atoms with Gasteiger partial charge >= 0.3 is 5.97 Å². The first-order valence-electron chi connectivity index (χ1n) is 6.52. The van der Waals surface area contributed by atoms with Gasteiger partial charge in [-0.1, -0.05) is 36.1 Å². The molecule has 0 atom stereocenters. The molecule has 1 fully saturated rings. The molecule has 1 aromatic rings. The summed E-state index contributed by atoms with van der Waals surface area (Å²) >= 11 is 6.19. The highest BCUT2D eigenvalue weighted by Crippen LogP contribution is 2.37. The van der Waals surface area contributed by atoms with Crippen LogP contribution in [0.4, 0.5) is 5.69 Å². The van der Waals surface area contributed by atoms with Gasteiger partial charge in [-0.2, -0.15) is 0 Å². The summed E-state index contributed by atoms with van der Waals surface area (Å²) in [4.78, 5) is 35.0. The predicted molar refractivity (Wildman–Crippen MR) is 89.8 cm³/mol. The van der Waals surface area contributed by atoms with Crippen LogP contribution in [0.3, 0.4) is 0 Å². The fourth-order valence-electron chi connectivity index (χ4n) is 2.01. The number of nitrogens with zero attached hydrogens (tertiary/aromatic N) is 2. The second kappa shape index (κ2) is 6.88. The molecule has 1 N–H and O–H groups in total. The Hall–Kier alpha value is -2.26.